The molecule has 13 heteroatoms. The first-order valence-corrected chi connectivity index (χ1v) is 16.0. The van der Waals surface area contributed by atoms with Gasteiger partial charge in [0.05, 0.1) is 39.6 Å². The Kier molecular flexibility index (Phi) is 7.98. The minimum atomic E-state index is -3.16. The Morgan fingerprint density at radius 3 is 2.51 bits per heavy atom. The summed E-state index contributed by atoms with van der Waals surface area (Å²) in [6.07, 6.45) is 7.88. The van der Waals surface area contributed by atoms with E-state index in [0.717, 1.165) is 56.8 Å². The molecule has 0 amide bonds. The number of halogens is 1. The summed E-state index contributed by atoms with van der Waals surface area (Å²) in [6.45, 7) is 6.04. The second kappa shape index (κ2) is 11.7. The largest absolute Gasteiger partial charge is 0.351 e. The molecule has 0 spiro atoms. The summed E-state index contributed by atoms with van der Waals surface area (Å²) in [5, 5.41) is 18.0. The van der Waals surface area contributed by atoms with Crippen molar-refractivity contribution in [1.29, 1.82) is 5.26 Å². The Morgan fingerprint density at radius 2 is 1.83 bits per heavy atom. The quantitative estimate of drug-likeness (QED) is 0.418. The summed E-state index contributed by atoms with van der Waals surface area (Å²) in [5.41, 5.74) is 3.40. The van der Waals surface area contributed by atoms with Crippen LogP contribution in [-0.4, -0.2) is 99.9 Å². The molecule has 0 atom stereocenters. The Hall–Kier alpha value is -3.08. The van der Waals surface area contributed by atoms with Crippen LogP contribution in [0, 0.1) is 11.3 Å². The number of benzene rings is 1. The van der Waals surface area contributed by atoms with Gasteiger partial charge in [-0.15, -0.1) is 0 Å². The molecule has 3 aromatic rings. The standard InChI is InChI=1S/C28H34ClN9O2S/c1-35-10-12-36(13-11-35)18-20-2-5-26(25(29)14-20)38-19-22(17-32-38)27-21(15-30)16-31-28(34-27)33-23-6-8-37(9-7-23)41(39,40)24-3-4-24/h2,5,14,16-17,19,23-24H,3-4,6-13,18H2,1H3,(H,31,33,34). The van der Waals surface area contributed by atoms with E-state index in [9.17, 15) is 13.7 Å². The molecule has 0 bridgehead atoms. The number of sulfonamides is 1. The van der Waals surface area contributed by atoms with E-state index in [-0.39, 0.29) is 11.3 Å². The number of piperidine rings is 1. The second-order valence-corrected chi connectivity index (χ2v) is 13.8. The van der Waals surface area contributed by atoms with Crippen LogP contribution in [0.2, 0.25) is 5.02 Å². The third-order valence-corrected chi connectivity index (χ3v) is 10.8. The molecule has 3 aliphatic rings. The molecule has 2 aromatic heterocycles. The Morgan fingerprint density at radius 1 is 1.07 bits per heavy atom. The lowest BCUT2D eigenvalue weighted by Gasteiger charge is -2.32. The topological polar surface area (TPSA) is 123 Å². The van der Waals surface area contributed by atoms with Crippen molar-refractivity contribution in [2.75, 3.05) is 51.6 Å². The van der Waals surface area contributed by atoms with E-state index >= 15 is 0 Å². The summed E-state index contributed by atoms with van der Waals surface area (Å²) in [6, 6.07) is 8.27. The first-order chi connectivity index (χ1) is 19.8. The fourth-order valence-corrected chi connectivity index (χ4v) is 7.61. The van der Waals surface area contributed by atoms with Gasteiger partial charge in [0.25, 0.3) is 0 Å². The van der Waals surface area contributed by atoms with E-state index < -0.39 is 10.0 Å². The lowest BCUT2D eigenvalue weighted by molar-refractivity contribution is 0.148. The Bertz CT molecular complexity index is 1550. The fraction of sp³-hybridized carbons (Fsp3) is 0.500. The molecule has 1 aliphatic carbocycles. The smallest absolute Gasteiger partial charge is 0.223 e. The molecule has 1 aromatic carbocycles. The molecule has 2 aliphatic heterocycles. The average Bonchev–Trinajstić information content (AvgIpc) is 3.73. The first-order valence-electron chi connectivity index (χ1n) is 14.1. The van der Waals surface area contributed by atoms with Crippen molar-refractivity contribution in [3.63, 3.8) is 0 Å². The van der Waals surface area contributed by atoms with E-state index in [1.54, 1.807) is 15.2 Å². The van der Waals surface area contributed by atoms with Crippen LogP contribution in [0.5, 0.6) is 0 Å². The van der Waals surface area contributed by atoms with Gasteiger partial charge in [0, 0.05) is 63.6 Å². The zero-order chi connectivity index (χ0) is 28.6. The van der Waals surface area contributed by atoms with Crippen molar-refractivity contribution in [2.45, 2.75) is 43.5 Å². The van der Waals surface area contributed by atoms with E-state index in [0.29, 0.717) is 53.7 Å². The molecule has 2 saturated heterocycles. The molecule has 3 fully saturated rings. The predicted octanol–water partition coefficient (Wildman–Crippen LogP) is 2.97. The summed E-state index contributed by atoms with van der Waals surface area (Å²) in [4.78, 5) is 13.8. The average molecular weight is 596 g/mol. The van der Waals surface area contributed by atoms with Crippen molar-refractivity contribution >= 4 is 27.6 Å². The number of likely N-dealkylation sites (N-methyl/N-ethyl adjacent to an activating group) is 1. The van der Waals surface area contributed by atoms with E-state index in [2.05, 4.69) is 49.4 Å². The SMILES string of the molecule is CN1CCN(Cc2ccc(-n3cc(-c4nc(NC5CCN(S(=O)(=O)C6CC6)CC5)ncc4C#N)cn3)c(Cl)c2)CC1. The van der Waals surface area contributed by atoms with Gasteiger partial charge in [-0.2, -0.15) is 10.4 Å². The highest BCUT2D eigenvalue weighted by atomic mass is 35.5. The fourth-order valence-electron chi connectivity index (χ4n) is 5.44. The Balaban J connectivity index is 1.14. The van der Waals surface area contributed by atoms with Crippen LogP contribution in [0.15, 0.2) is 36.8 Å². The minimum absolute atomic E-state index is 0.0485. The highest BCUT2D eigenvalue weighted by Gasteiger charge is 2.41. The number of nitrogens with one attached hydrogen (secondary N) is 1. The zero-order valence-corrected chi connectivity index (χ0v) is 24.6. The van der Waals surface area contributed by atoms with Gasteiger partial charge >= 0.3 is 0 Å². The monoisotopic (exact) mass is 595 g/mol. The first kappa shape index (κ1) is 28.1. The minimum Gasteiger partial charge on any atom is -0.351 e. The van der Waals surface area contributed by atoms with E-state index in [4.69, 9.17) is 11.6 Å². The molecule has 6 rings (SSSR count). The summed E-state index contributed by atoms with van der Waals surface area (Å²) in [7, 11) is -1.01. The van der Waals surface area contributed by atoms with Crippen LogP contribution in [0.3, 0.4) is 0 Å². The molecule has 0 radical (unpaired) electrons. The summed E-state index contributed by atoms with van der Waals surface area (Å²) >= 11 is 6.69. The van der Waals surface area contributed by atoms with Crippen LogP contribution in [0.25, 0.3) is 16.9 Å². The van der Waals surface area contributed by atoms with Crippen LogP contribution >= 0.6 is 11.6 Å². The van der Waals surface area contributed by atoms with Crippen LogP contribution in [0.1, 0.15) is 36.8 Å². The lowest BCUT2D eigenvalue weighted by Crippen LogP contribution is -2.43. The third-order valence-electron chi connectivity index (χ3n) is 8.12. The zero-order valence-electron chi connectivity index (χ0n) is 23.1. The van der Waals surface area contributed by atoms with Crippen LogP contribution in [0.4, 0.5) is 5.95 Å². The molecule has 1 N–H and O–H groups in total. The van der Waals surface area contributed by atoms with Gasteiger partial charge in [-0.1, -0.05) is 17.7 Å². The van der Waals surface area contributed by atoms with Gasteiger partial charge in [-0.25, -0.2) is 27.4 Å². The van der Waals surface area contributed by atoms with Gasteiger partial charge in [0.2, 0.25) is 16.0 Å². The maximum absolute atomic E-state index is 12.5. The Labute approximate surface area is 245 Å². The van der Waals surface area contributed by atoms with Gasteiger partial charge < -0.3 is 10.2 Å². The predicted molar refractivity (Wildman–Crippen MR) is 157 cm³/mol. The summed E-state index contributed by atoms with van der Waals surface area (Å²) in [5.74, 6) is 0.404. The highest BCUT2D eigenvalue weighted by molar-refractivity contribution is 7.90. The maximum Gasteiger partial charge on any atom is 0.223 e. The highest BCUT2D eigenvalue weighted by Crippen LogP contribution is 2.33. The number of rotatable bonds is 8. The second-order valence-electron chi connectivity index (χ2n) is 11.2. The van der Waals surface area contributed by atoms with Crippen LogP contribution in [-0.2, 0) is 16.6 Å². The van der Waals surface area contributed by atoms with Gasteiger partial charge in [-0.05, 0) is 50.4 Å². The number of hydrogen-bond donors (Lipinski definition) is 1. The molecule has 11 nitrogen and oxygen atoms in total. The summed E-state index contributed by atoms with van der Waals surface area (Å²) < 4.78 is 28.4. The van der Waals surface area contributed by atoms with E-state index in [1.165, 1.54) is 6.20 Å². The molecule has 0 unspecified atom stereocenters. The van der Waals surface area contributed by atoms with Crippen molar-refractivity contribution < 1.29 is 8.42 Å². The molecule has 216 valence electrons. The molecule has 41 heavy (non-hydrogen) atoms. The van der Waals surface area contributed by atoms with Gasteiger partial charge in [0.15, 0.2) is 0 Å². The number of nitriles is 1. The molecule has 4 heterocycles. The van der Waals surface area contributed by atoms with Crippen molar-refractivity contribution in [2.24, 2.45) is 0 Å². The van der Waals surface area contributed by atoms with Crippen LogP contribution < -0.4 is 5.32 Å². The molecular formula is C28H34ClN9O2S. The molecular weight excluding hydrogens is 562 g/mol. The third kappa shape index (κ3) is 6.24. The van der Waals surface area contributed by atoms with Gasteiger partial charge in [-0.3, -0.25) is 4.90 Å². The van der Waals surface area contributed by atoms with Crippen molar-refractivity contribution in [1.82, 2.24) is 33.9 Å². The normalized spacial score (nSPS) is 19.7. The number of nitrogens with zero attached hydrogens (tertiary/aromatic N) is 8. The van der Waals surface area contributed by atoms with Crippen molar-refractivity contribution in [3.05, 3.63) is 52.9 Å². The van der Waals surface area contributed by atoms with Gasteiger partial charge in [0.1, 0.15) is 6.07 Å². The number of anilines is 1. The lowest BCUT2D eigenvalue weighted by atomic mass is 10.1. The van der Waals surface area contributed by atoms with E-state index in [1.807, 2.05) is 18.3 Å². The molecule has 1 saturated carbocycles. The number of aromatic nitrogens is 4. The van der Waals surface area contributed by atoms with Crippen molar-refractivity contribution in [3.8, 4) is 23.0 Å². The maximum atomic E-state index is 12.5. The number of hydrogen-bond acceptors (Lipinski definition) is 9. The number of piperazine rings is 1.